The molecular formula is C15H18N2O4S. The molecule has 1 aliphatic heterocycles. The number of carbonyl (C=O) groups is 2. The van der Waals surface area contributed by atoms with Crippen molar-refractivity contribution in [3.05, 3.63) is 33.4 Å². The standard InChI is InChI=1S/C15H18N2O4S/c18-14(11-9-20-6-7-21-11)16-17-15(19)13-8-10-4-2-1-3-5-12(10)22-13/h8-9H,1-7H2,(H,16,18)(H,17,19). The molecule has 118 valence electrons. The summed E-state index contributed by atoms with van der Waals surface area (Å²) in [5.74, 6) is -0.761. The minimum absolute atomic E-state index is 0.0634. The molecule has 2 heterocycles. The molecule has 1 aromatic rings. The molecule has 0 spiro atoms. The highest BCUT2D eigenvalue weighted by Gasteiger charge is 2.19. The Hall–Kier alpha value is -2.02. The molecular weight excluding hydrogens is 304 g/mol. The van der Waals surface area contributed by atoms with Gasteiger partial charge in [-0.05, 0) is 37.3 Å². The van der Waals surface area contributed by atoms with Gasteiger partial charge in [0.25, 0.3) is 5.91 Å². The van der Waals surface area contributed by atoms with Crippen molar-refractivity contribution in [2.75, 3.05) is 13.2 Å². The summed E-state index contributed by atoms with van der Waals surface area (Å²) in [6, 6.07) is 1.94. The van der Waals surface area contributed by atoms with Gasteiger partial charge in [0.05, 0.1) is 4.88 Å². The van der Waals surface area contributed by atoms with Crippen LogP contribution in [0, 0.1) is 0 Å². The lowest BCUT2D eigenvalue weighted by Crippen LogP contribution is -2.42. The number of hydrogen-bond donors (Lipinski definition) is 2. The van der Waals surface area contributed by atoms with Crippen LogP contribution in [-0.4, -0.2) is 25.0 Å². The number of nitrogens with one attached hydrogen (secondary N) is 2. The molecule has 0 saturated heterocycles. The monoisotopic (exact) mass is 322 g/mol. The van der Waals surface area contributed by atoms with E-state index in [1.54, 1.807) is 0 Å². The van der Waals surface area contributed by atoms with Gasteiger partial charge in [0.1, 0.15) is 19.5 Å². The zero-order valence-corrected chi connectivity index (χ0v) is 13.0. The summed E-state index contributed by atoms with van der Waals surface area (Å²) in [6.45, 7) is 0.745. The summed E-state index contributed by atoms with van der Waals surface area (Å²) >= 11 is 1.51. The van der Waals surface area contributed by atoms with E-state index in [1.807, 2.05) is 6.07 Å². The number of hydrogen-bond acceptors (Lipinski definition) is 5. The SMILES string of the molecule is O=C(NNC(=O)c1cc2c(s1)CCCCC2)C1=COCCO1. The van der Waals surface area contributed by atoms with Crippen LogP contribution in [0.4, 0.5) is 0 Å². The van der Waals surface area contributed by atoms with Crippen molar-refractivity contribution < 1.29 is 19.1 Å². The van der Waals surface area contributed by atoms with Crippen molar-refractivity contribution in [2.24, 2.45) is 0 Å². The van der Waals surface area contributed by atoms with Gasteiger partial charge in [-0.2, -0.15) is 0 Å². The molecule has 1 aromatic heterocycles. The summed E-state index contributed by atoms with van der Waals surface area (Å²) in [5, 5.41) is 0. The van der Waals surface area contributed by atoms with Crippen LogP contribution < -0.4 is 10.9 Å². The topological polar surface area (TPSA) is 76.7 Å². The summed E-state index contributed by atoms with van der Waals surface area (Å²) in [7, 11) is 0. The number of ether oxygens (including phenoxy) is 2. The van der Waals surface area contributed by atoms with E-state index in [2.05, 4.69) is 10.9 Å². The Bertz CT molecular complexity index is 585. The van der Waals surface area contributed by atoms with E-state index < -0.39 is 5.91 Å². The lowest BCUT2D eigenvalue weighted by molar-refractivity contribution is -0.123. The molecule has 0 saturated carbocycles. The van der Waals surface area contributed by atoms with E-state index in [0.717, 1.165) is 12.8 Å². The second-order valence-electron chi connectivity index (χ2n) is 5.23. The van der Waals surface area contributed by atoms with Crippen molar-refractivity contribution in [3.63, 3.8) is 0 Å². The highest BCUT2D eigenvalue weighted by molar-refractivity contribution is 7.14. The van der Waals surface area contributed by atoms with Crippen LogP contribution in [0.3, 0.4) is 0 Å². The molecule has 2 amide bonds. The highest BCUT2D eigenvalue weighted by Crippen LogP contribution is 2.28. The Morgan fingerprint density at radius 1 is 1.05 bits per heavy atom. The molecule has 0 aromatic carbocycles. The molecule has 0 bridgehead atoms. The average Bonchev–Trinajstić information content (AvgIpc) is 2.84. The third-order valence-electron chi connectivity index (χ3n) is 3.63. The van der Waals surface area contributed by atoms with Gasteiger partial charge in [-0.1, -0.05) is 6.42 Å². The fourth-order valence-electron chi connectivity index (χ4n) is 2.50. The van der Waals surface area contributed by atoms with Crippen molar-refractivity contribution in [1.29, 1.82) is 0 Å². The molecule has 22 heavy (non-hydrogen) atoms. The van der Waals surface area contributed by atoms with Crippen molar-refractivity contribution in [2.45, 2.75) is 32.1 Å². The van der Waals surface area contributed by atoms with Crippen LogP contribution in [0.25, 0.3) is 0 Å². The number of aryl methyl sites for hydroxylation is 2. The number of hydrazine groups is 1. The summed E-state index contributed by atoms with van der Waals surface area (Å²) in [5.41, 5.74) is 6.02. The first-order valence-electron chi connectivity index (χ1n) is 7.41. The maximum absolute atomic E-state index is 12.1. The predicted octanol–water partition coefficient (Wildman–Crippen LogP) is 1.67. The third kappa shape index (κ3) is 3.41. The summed E-state index contributed by atoms with van der Waals surface area (Å²) < 4.78 is 10.1. The molecule has 1 aliphatic carbocycles. The third-order valence-corrected chi connectivity index (χ3v) is 4.87. The van der Waals surface area contributed by atoms with Gasteiger partial charge >= 0.3 is 5.91 Å². The smallest absolute Gasteiger partial charge is 0.308 e. The average molecular weight is 322 g/mol. The maximum atomic E-state index is 12.1. The fourth-order valence-corrected chi connectivity index (χ4v) is 3.65. The van der Waals surface area contributed by atoms with E-state index in [9.17, 15) is 9.59 Å². The van der Waals surface area contributed by atoms with Gasteiger partial charge in [-0.15, -0.1) is 11.3 Å². The molecule has 2 aliphatic rings. The molecule has 0 fully saturated rings. The molecule has 0 unspecified atom stereocenters. The number of thiophene rings is 1. The first-order valence-corrected chi connectivity index (χ1v) is 8.22. The van der Waals surface area contributed by atoms with Crippen LogP contribution in [0.2, 0.25) is 0 Å². The minimum Gasteiger partial charge on any atom is -0.494 e. The Balaban J connectivity index is 1.58. The number of rotatable bonds is 2. The first-order chi connectivity index (χ1) is 10.7. The van der Waals surface area contributed by atoms with Gasteiger partial charge in [-0.25, -0.2) is 0 Å². The van der Waals surface area contributed by atoms with Crippen molar-refractivity contribution in [1.82, 2.24) is 10.9 Å². The largest absolute Gasteiger partial charge is 0.494 e. The minimum atomic E-state index is -0.522. The zero-order chi connectivity index (χ0) is 15.4. The second-order valence-corrected chi connectivity index (χ2v) is 6.37. The maximum Gasteiger partial charge on any atom is 0.308 e. The number of carbonyl (C=O) groups excluding carboxylic acids is 2. The van der Waals surface area contributed by atoms with E-state index in [0.29, 0.717) is 18.1 Å². The van der Waals surface area contributed by atoms with Crippen LogP contribution in [0.1, 0.15) is 39.4 Å². The molecule has 6 nitrogen and oxygen atoms in total. The van der Waals surface area contributed by atoms with Crippen LogP contribution >= 0.6 is 11.3 Å². The highest BCUT2D eigenvalue weighted by atomic mass is 32.1. The van der Waals surface area contributed by atoms with Gasteiger partial charge in [0, 0.05) is 4.88 Å². The number of fused-ring (bicyclic) bond motifs is 1. The Labute approximate surface area is 132 Å². The first kappa shape index (κ1) is 14.9. The molecule has 2 N–H and O–H groups in total. The van der Waals surface area contributed by atoms with Gasteiger partial charge in [0.2, 0.25) is 5.76 Å². The van der Waals surface area contributed by atoms with E-state index >= 15 is 0 Å². The lowest BCUT2D eigenvalue weighted by atomic mass is 10.1. The zero-order valence-electron chi connectivity index (χ0n) is 12.1. The van der Waals surface area contributed by atoms with Crippen LogP contribution in [0.5, 0.6) is 0 Å². The van der Waals surface area contributed by atoms with Crippen LogP contribution in [0.15, 0.2) is 18.1 Å². The molecule has 0 radical (unpaired) electrons. The molecule has 0 atom stereocenters. The summed E-state index contributed by atoms with van der Waals surface area (Å²) in [6.07, 6.45) is 6.92. The van der Waals surface area contributed by atoms with E-state index in [-0.39, 0.29) is 11.7 Å². The lowest BCUT2D eigenvalue weighted by Gasteiger charge is -2.15. The second kappa shape index (κ2) is 6.83. The Kier molecular flexibility index (Phi) is 4.62. The van der Waals surface area contributed by atoms with Gasteiger partial charge in [-0.3, -0.25) is 20.4 Å². The normalized spacial score (nSPS) is 17.2. The van der Waals surface area contributed by atoms with Gasteiger partial charge in [0.15, 0.2) is 0 Å². The quantitative estimate of drug-likeness (QED) is 0.641. The Morgan fingerprint density at radius 3 is 2.68 bits per heavy atom. The fraction of sp³-hybridized carbons (Fsp3) is 0.467. The number of amides is 2. The molecule has 7 heteroatoms. The van der Waals surface area contributed by atoms with Gasteiger partial charge < -0.3 is 9.47 Å². The van der Waals surface area contributed by atoms with Crippen molar-refractivity contribution >= 4 is 23.2 Å². The summed E-state index contributed by atoms with van der Waals surface area (Å²) in [4.78, 5) is 25.8. The van der Waals surface area contributed by atoms with E-state index in [1.165, 1.54) is 47.3 Å². The Morgan fingerprint density at radius 2 is 1.86 bits per heavy atom. The molecule has 3 rings (SSSR count). The van der Waals surface area contributed by atoms with Crippen molar-refractivity contribution in [3.8, 4) is 0 Å². The predicted molar refractivity (Wildman–Crippen MR) is 81.2 cm³/mol. The van der Waals surface area contributed by atoms with E-state index in [4.69, 9.17) is 9.47 Å². The van der Waals surface area contributed by atoms with Crippen LogP contribution in [-0.2, 0) is 27.1 Å².